The van der Waals surface area contributed by atoms with Gasteiger partial charge in [0.25, 0.3) is 0 Å². The first-order valence-corrected chi connectivity index (χ1v) is 15.0. The number of nitrogens with one attached hydrogen (secondary N) is 2. The van der Waals surface area contributed by atoms with Crippen molar-refractivity contribution in [3.63, 3.8) is 0 Å². The minimum Gasteiger partial charge on any atom is -0.465 e. The summed E-state index contributed by atoms with van der Waals surface area (Å²) in [5, 5.41) is 14.0. The van der Waals surface area contributed by atoms with E-state index >= 15 is 0 Å². The Morgan fingerprint density at radius 2 is 1.68 bits per heavy atom. The number of amides is 3. The third-order valence-corrected chi connectivity index (χ3v) is 8.74. The maximum absolute atomic E-state index is 13.7. The standard InChI is InChI=1S/C28H36N4O7S/c1-27(2,30-26(35)36)25(34)29-22(18-39-17-20-9-5-4-6-10-20)24(33)31-15-13-28(14-16-31)19-32(40(3,37)38)23-12-8-7-11-21(23)28/h4-12,22,30H,13-19H2,1-3H3,(H,29,34)(H,35,36). The minimum absolute atomic E-state index is 0.102. The van der Waals surface area contributed by atoms with E-state index in [4.69, 9.17) is 9.84 Å². The second-order valence-electron chi connectivity index (χ2n) is 11.0. The summed E-state index contributed by atoms with van der Waals surface area (Å²) >= 11 is 0. The van der Waals surface area contributed by atoms with Crippen LogP contribution in [0.15, 0.2) is 54.6 Å². The van der Waals surface area contributed by atoms with Gasteiger partial charge in [-0.25, -0.2) is 13.2 Å². The van der Waals surface area contributed by atoms with E-state index in [9.17, 15) is 22.8 Å². The first-order chi connectivity index (χ1) is 18.8. The number of carboxylic acid groups (broad SMARTS) is 1. The lowest BCUT2D eigenvalue weighted by Gasteiger charge is -2.41. The van der Waals surface area contributed by atoms with Gasteiger partial charge in [0.15, 0.2) is 0 Å². The molecule has 40 heavy (non-hydrogen) atoms. The number of sulfonamides is 1. The molecule has 2 aromatic rings. The second-order valence-corrected chi connectivity index (χ2v) is 12.9. The molecule has 1 saturated heterocycles. The molecule has 2 aliphatic rings. The number of para-hydroxylation sites is 1. The van der Waals surface area contributed by atoms with Crippen LogP contribution in [0.3, 0.4) is 0 Å². The van der Waals surface area contributed by atoms with Crippen molar-refractivity contribution >= 4 is 33.6 Å². The number of anilines is 1. The molecule has 0 saturated carbocycles. The fourth-order valence-corrected chi connectivity index (χ4v) is 6.39. The van der Waals surface area contributed by atoms with Crippen molar-refractivity contribution in [3.8, 4) is 0 Å². The number of benzene rings is 2. The van der Waals surface area contributed by atoms with Crippen molar-refractivity contribution in [2.75, 3.05) is 36.8 Å². The first-order valence-electron chi connectivity index (χ1n) is 13.1. The van der Waals surface area contributed by atoms with Crippen molar-refractivity contribution in [2.24, 2.45) is 0 Å². The summed E-state index contributed by atoms with van der Waals surface area (Å²) in [6.45, 7) is 4.02. The Bertz CT molecular complexity index is 1360. The summed E-state index contributed by atoms with van der Waals surface area (Å²) in [6.07, 6.45) is 0.952. The highest BCUT2D eigenvalue weighted by molar-refractivity contribution is 7.92. The molecule has 1 fully saturated rings. The molecule has 1 atom stereocenters. The van der Waals surface area contributed by atoms with Gasteiger partial charge in [-0.3, -0.25) is 13.9 Å². The van der Waals surface area contributed by atoms with Gasteiger partial charge in [0, 0.05) is 25.0 Å². The summed E-state index contributed by atoms with van der Waals surface area (Å²) in [6, 6.07) is 15.8. The lowest BCUT2D eigenvalue weighted by Crippen LogP contribution is -2.61. The van der Waals surface area contributed by atoms with Gasteiger partial charge in [0.1, 0.15) is 11.6 Å². The number of piperidine rings is 1. The average Bonchev–Trinajstić information content (AvgIpc) is 3.22. The number of carbonyl (C=O) groups is 3. The van der Waals surface area contributed by atoms with E-state index in [0.717, 1.165) is 11.1 Å². The van der Waals surface area contributed by atoms with Crippen LogP contribution < -0.4 is 14.9 Å². The summed E-state index contributed by atoms with van der Waals surface area (Å²) in [4.78, 5) is 39.5. The number of hydrogen-bond acceptors (Lipinski definition) is 6. The van der Waals surface area contributed by atoms with Crippen LogP contribution in [0.25, 0.3) is 0 Å². The molecule has 3 amide bonds. The van der Waals surface area contributed by atoms with Crippen molar-refractivity contribution in [3.05, 3.63) is 65.7 Å². The zero-order valence-corrected chi connectivity index (χ0v) is 23.7. The highest BCUT2D eigenvalue weighted by Crippen LogP contribution is 2.47. The Morgan fingerprint density at radius 3 is 2.30 bits per heavy atom. The Balaban J connectivity index is 1.48. The molecule has 2 heterocycles. The van der Waals surface area contributed by atoms with Crippen LogP contribution in [0.4, 0.5) is 10.5 Å². The van der Waals surface area contributed by atoms with E-state index in [1.165, 1.54) is 24.4 Å². The summed E-state index contributed by atoms with van der Waals surface area (Å²) in [7, 11) is -3.46. The van der Waals surface area contributed by atoms with Crippen LogP contribution in [-0.2, 0) is 36.4 Å². The Morgan fingerprint density at radius 1 is 1.05 bits per heavy atom. The molecule has 0 aliphatic carbocycles. The number of ether oxygens (including phenoxy) is 1. The summed E-state index contributed by atoms with van der Waals surface area (Å²) in [5.74, 6) is -0.993. The zero-order chi connectivity index (χ0) is 29.1. The Labute approximate surface area is 234 Å². The molecule has 2 aliphatic heterocycles. The summed E-state index contributed by atoms with van der Waals surface area (Å²) < 4.78 is 32.3. The molecule has 216 valence electrons. The van der Waals surface area contributed by atoms with Crippen molar-refractivity contribution in [1.29, 1.82) is 0 Å². The van der Waals surface area contributed by atoms with Crippen LogP contribution >= 0.6 is 0 Å². The number of carbonyl (C=O) groups excluding carboxylic acids is 2. The monoisotopic (exact) mass is 572 g/mol. The largest absolute Gasteiger partial charge is 0.465 e. The topological polar surface area (TPSA) is 145 Å². The lowest BCUT2D eigenvalue weighted by atomic mass is 9.74. The SMILES string of the molecule is CC(C)(NC(=O)O)C(=O)NC(COCc1ccccc1)C(=O)N1CCC2(CC1)CN(S(C)(=O)=O)c1ccccc12. The fraction of sp³-hybridized carbons (Fsp3) is 0.464. The van der Waals surface area contributed by atoms with Gasteiger partial charge < -0.3 is 25.4 Å². The van der Waals surface area contributed by atoms with Gasteiger partial charge in [0.05, 0.1) is 25.2 Å². The van der Waals surface area contributed by atoms with Crippen molar-refractivity contribution in [2.45, 2.75) is 50.3 Å². The van der Waals surface area contributed by atoms with E-state index < -0.39 is 39.0 Å². The quantitative estimate of drug-likeness (QED) is 0.417. The second kappa shape index (κ2) is 11.5. The predicted octanol–water partition coefficient (Wildman–Crippen LogP) is 2.07. The molecule has 0 bridgehead atoms. The molecular formula is C28H36N4O7S. The molecule has 4 rings (SSSR count). The molecule has 12 heteroatoms. The van der Waals surface area contributed by atoms with Crippen LogP contribution in [0.5, 0.6) is 0 Å². The third-order valence-electron chi connectivity index (χ3n) is 7.61. The van der Waals surface area contributed by atoms with E-state index in [1.54, 1.807) is 4.90 Å². The zero-order valence-electron chi connectivity index (χ0n) is 22.9. The smallest absolute Gasteiger partial charge is 0.405 e. The number of rotatable bonds is 9. The Hall–Kier alpha value is -3.64. The molecule has 0 radical (unpaired) electrons. The highest BCUT2D eigenvalue weighted by atomic mass is 32.2. The highest BCUT2D eigenvalue weighted by Gasteiger charge is 2.48. The van der Waals surface area contributed by atoms with Gasteiger partial charge in [0.2, 0.25) is 21.8 Å². The normalized spacial score (nSPS) is 17.3. The van der Waals surface area contributed by atoms with Crippen LogP contribution in [0, 0.1) is 0 Å². The molecule has 11 nitrogen and oxygen atoms in total. The van der Waals surface area contributed by atoms with Crippen molar-refractivity contribution < 1.29 is 32.6 Å². The average molecular weight is 573 g/mol. The molecule has 0 aromatic heterocycles. The fourth-order valence-electron chi connectivity index (χ4n) is 5.39. The number of likely N-dealkylation sites (tertiary alicyclic amines) is 1. The van der Waals surface area contributed by atoms with E-state index in [-0.39, 0.29) is 19.1 Å². The third kappa shape index (κ3) is 6.39. The number of nitrogens with zero attached hydrogens (tertiary/aromatic N) is 2. The molecule has 1 unspecified atom stereocenters. The van der Waals surface area contributed by atoms with E-state index in [0.29, 0.717) is 38.2 Å². The first kappa shape index (κ1) is 29.3. The van der Waals surface area contributed by atoms with Crippen LogP contribution in [0.1, 0.15) is 37.8 Å². The maximum Gasteiger partial charge on any atom is 0.405 e. The van der Waals surface area contributed by atoms with Crippen molar-refractivity contribution in [1.82, 2.24) is 15.5 Å². The van der Waals surface area contributed by atoms with Gasteiger partial charge >= 0.3 is 6.09 Å². The van der Waals surface area contributed by atoms with Gasteiger partial charge in [-0.1, -0.05) is 48.5 Å². The molecular weight excluding hydrogens is 536 g/mol. The maximum atomic E-state index is 13.7. The van der Waals surface area contributed by atoms with Gasteiger partial charge in [-0.05, 0) is 43.9 Å². The molecule has 2 aromatic carbocycles. The van der Waals surface area contributed by atoms with Crippen LogP contribution in [-0.4, -0.2) is 80.4 Å². The summed E-state index contributed by atoms with van der Waals surface area (Å²) in [5.41, 5.74) is 0.663. The minimum atomic E-state index is -3.46. The number of fused-ring (bicyclic) bond motifs is 2. The van der Waals surface area contributed by atoms with Gasteiger partial charge in [-0.2, -0.15) is 0 Å². The molecule has 1 spiro atoms. The lowest BCUT2D eigenvalue weighted by molar-refractivity contribution is -0.141. The van der Waals surface area contributed by atoms with Gasteiger partial charge in [-0.15, -0.1) is 0 Å². The number of hydrogen-bond donors (Lipinski definition) is 3. The molecule has 3 N–H and O–H groups in total. The Kier molecular flexibility index (Phi) is 8.41. The van der Waals surface area contributed by atoms with E-state index in [2.05, 4.69) is 10.6 Å². The van der Waals surface area contributed by atoms with E-state index in [1.807, 2.05) is 54.6 Å². The van der Waals surface area contributed by atoms with Crippen LogP contribution in [0.2, 0.25) is 0 Å². The predicted molar refractivity (Wildman–Crippen MR) is 149 cm³/mol.